The Labute approximate surface area is 208 Å². The third kappa shape index (κ3) is 1180. The topological polar surface area (TPSA) is 345 Å². The van der Waals surface area contributed by atoms with Crippen molar-refractivity contribution in [1.82, 2.24) is 0 Å². The third-order valence-electron chi connectivity index (χ3n) is 0. The van der Waals surface area contributed by atoms with Gasteiger partial charge in [-0.2, -0.15) is 31.3 Å². The molecule has 128 valence electrons. The molecule has 0 rings (SSSR count). The van der Waals surface area contributed by atoms with E-state index in [1.165, 1.54) is 0 Å². The fourth-order valence-corrected chi connectivity index (χ4v) is 0. The van der Waals surface area contributed by atoms with E-state index < -0.39 is 31.3 Å². The summed E-state index contributed by atoms with van der Waals surface area (Å²) in [4.78, 5) is 103. The van der Waals surface area contributed by atoms with Gasteiger partial charge in [0.15, 0.2) is 0 Å². The molecule has 0 aromatic heterocycles. The first kappa shape index (κ1) is 45.3. The normalized spacial score (nSPS) is 10.3. The van der Waals surface area contributed by atoms with Gasteiger partial charge in [0.05, 0.1) is 0 Å². The number of phosphoric acid groups is 4. The summed E-state index contributed by atoms with van der Waals surface area (Å²) in [6, 6.07) is 0. The van der Waals surface area contributed by atoms with Crippen molar-refractivity contribution in [3.8, 4) is 0 Å². The Hall–Kier alpha value is 3.44. The molecule has 0 amide bonds. The summed E-state index contributed by atoms with van der Waals surface area (Å²) in [7, 11) is -21.6. The standard InChI is InChI=1S/3Na.4H3O4P/c;;;4*1-5(2,3)4/h;;;4*(H3,1,2,3,4)/q3*+1;;;;/p-3. The molecule has 0 aromatic carbocycles. The van der Waals surface area contributed by atoms with Gasteiger partial charge >= 0.3 is 102 Å². The van der Waals surface area contributed by atoms with Gasteiger partial charge in [-0.25, -0.2) is 0 Å². The smallest absolute Gasteiger partial charge is 0.822 e. The first-order chi connectivity index (χ1) is 8.00. The van der Waals surface area contributed by atoms with Gasteiger partial charge in [0.1, 0.15) is 0 Å². The molecule has 23 heteroatoms. The van der Waals surface area contributed by atoms with Crippen LogP contribution < -0.4 is 147 Å². The zero-order chi connectivity index (χ0) is 18.0. The van der Waals surface area contributed by atoms with Crippen LogP contribution in [0.25, 0.3) is 0 Å². The van der Waals surface area contributed by atoms with Gasteiger partial charge in [-0.05, 0) is 0 Å². The van der Waals surface area contributed by atoms with Crippen molar-refractivity contribution >= 4 is 31.3 Å². The molecule has 0 radical (unpaired) electrons. The van der Waals surface area contributed by atoms with Gasteiger partial charge in [0.25, 0.3) is 0 Å². The van der Waals surface area contributed by atoms with Crippen molar-refractivity contribution in [1.29, 1.82) is 0 Å². The van der Waals surface area contributed by atoms with E-state index in [2.05, 4.69) is 0 Å². The molecule has 0 spiro atoms. The first-order valence-electron chi connectivity index (χ1n) is 2.92. The van der Waals surface area contributed by atoms with Crippen molar-refractivity contribution in [2.45, 2.75) is 0 Å². The van der Waals surface area contributed by atoms with Crippen LogP contribution in [0.4, 0.5) is 0 Å². The molecular formula is H9Na3O16P4. The van der Waals surface area contributed by atoms with E-state index in [4.69, 9.17) is 77.0 Å². The predicted octanol–water partition coefficient (Wildman–Crippen LogP) is -19.3. The minimum absolute atomic E-state index is 0. The van der Waals surface area contributed by atoms with E-state index in [0.717, 1.165) is 0 Å². The van der Waals surface area contributed by atoms with Crippen molar-refractivity contribution in [2.24, 2.45) is 0 Å². The van der Waals surface area contributed by atoms with Crippen LogP contribution in [0.1, 0.15) is 12.8 Å². The van der Waals surface area contributed by atoms with Crippen molar-refractivity contribution < 1.29 is 178 Å². The van der Waals surface area contributed by atoms with Crippen LogP contribution in [0.5, 0.6) is 0 Å². The summed E-state index contributed by atoms with van der Waals surface area (Å²) < 4.78 is 34.2. The maximum absolute atomic E-state index is 8.55. The number of rotatable bonds is 0. The summed E-state index contributed by atoms with van der Waals surface area (Å²) in [6.07, 6.45) is 0. The molecule has 0 unspecified atom stereocenters. The summed E-state index contributed by atoms with van der Waals surface area (Å²) in [5, 5.41) is 0. The van der Waals surface area contributed by atoms with Gasteiger partial charge in [0.2, 0.25) is 0 Å². The molecule has 0 saturated carbocycles. The Balaban J connectivity index is -0.00000000677. The third-order valence-corrected chi connectivity index (χ3v) is 0. The van der Waals surface area contributed by atoms with Gasteiger partial charge in [-0.1, -0.05) is 0 Å². The van der Waals surface area contributed by atoms with Gasteiger partial charge in [-0.15, -0.1) is 0 Å². The van der Waals surface area contributed by atoms with Crippen LogP contribution >= 0.6 is 31.3 Å². The second-order valence-corrected chi connectivity index (χ2v) is 5.37. The average molecular weight is 458 g/mol. The molecule has 0 atom stereocenters. The van der Waals surface area contributed by atoms with Crippen LogP contribution in [-0.4, -0.2) is 0 Å². The molecule has 16 nitrogen and oxygen atoms in total. The maximum Gasteiger partial charge on any atom is 1.00 e. The summed E-state index contributed by atoms with van der Waals surface area (Å²) in [5.41, 5.74) is 0. The molecule has 0 aliphatic rings. The van der Waals surface area contributed by atoms with Crippen LogP contribution in [0, 0.1) is 0 Å². The summed E-state index contributed by atoms with van der Waals surface area (Å²) in [5.74, 6) is 0. The Bertz CT molecular complexity index is 319. The van der Waals surface area contributed by atoms with Gasteiger partial charge in [-0.3, -0.25) is 0 Å². The summed E-state index contributed by atoms with van der Waals surface area (Å²) >= 11 is 0. The van der Waals surface area contributed by atoms with E-state index >= 15 is 0 Å². The molecule has 0 bridgehead atoms. The second kappa shape index (κ2) is 20.2. The molecule has 0 heterocycles. The number of hydrogen-bond donors (Lipinski definition) is 0. The van der Waals surface area contributed by atoms with Crippen LogP contribution in [0.15, 0.2) is 0 Å². The summed E-state index contributed by atoms with van der Waals surface area (Å²) in [6.45, 7) is 0. The zero-order valence-electron chi connectivity index (χ0n) is 20.3. The molecular weight excluding hydrogens is 449 g/mol. The van der Waals surface area contributed by atoms with E-state index in [-0.39, 0.29) is 102 Å². The van der Waals surface area contributed by atoms with Crippen LogP contribution in [-0.2, 0) is 18.3 Å². The van der Waals surface area contributed by atoms with Crippen LogP contribution in [0.3, 0.4) is 0 Å². The Morgan fingerprint density at radius 1 is 0.348 bits per heavy atom. The molecule has 0 aromatic rings. The minimum atomic E-state index is -5.39. The second-order valence-electron chi connectivity index (χ2n) is 1.79. The van der Waals surface area contributed by atoms with Crippen molar-refractivity contribution in [2.75, 3.05) is 0 Å². The molecule has 0 N–H and O–H groups in total. The minimum Gasteiger partial charge on any atom is -0.822 e. The van der Waals surface area contributed by atoms with E-state index in [9.17, 15) is 0 Å². The largest absolute Gasteiger partial charge is 1.00 e. The molecule has 0 aliphatic carbocycles. The van der Waals surface area contributed by atoms with Crippen molar-refractivity contribution in [3.05, 3.63) is 0 Å². The molecule has 0 saturated heterocycles. The first-order valence-corrected chi connectivity index (χ1v) is 8.76. The van der Waals surface area contributed by atoms with E-state index in [1.807, 2.05) is 0 Å². The van der Waals surface area contributed by atoms with Gasteiger partial charge < -0.3 is 77.0 Å². The zero-order valence-corrected chi connectivity index (χ0v) is 20.9. The van der Waals surface area contributed by atoms with E-state index in [0.29, 0.717) is 0 Å². The fraction of sp³-hybridized carbons (Fsp3) is 0. The van der Waals surface area contributed by atoms with Crippen molar-refractivity contribution in [3.63, 3.8) is 0 Å². The van der Waals surface area contributed by atoms with Crippen LogP contribution in [0.2, 0.25) is 0 Å². The van der Waals surface area contributed by atoms with E-state index in [1.54, 1.807) is 0 Å². The number of hydrogen-bond acceptors (Lipinski definition) is 16. The molecule has 23 heavy (non-hydrogen) atoms. The monoisotopic (exact) mass is 458 g/mol. The fourth-order valence-electron chi connectivity index (χ4n) is 0. The molecule has 0 aliphatic heterocycles. The quantitative estimate of drug-likeness (QED) is 0.240. The SMILES string of the molecule is O=P([O-])([O-])[O-].O=P([O-])([O-])[O-].O=P([O-])([O-])[O-].O=P([O-])([O-])[O-].[H+].[H+].[H+].[H+].[H+].[H+].[H+].[H+].[H+].[Na+].[Na+].[Na+]. The average Bonchev–Trinajstić information content (AvgIpc) is 1.62. The Morgan fingerprint density at radius 2 is 0.348 bits per heavy atom. The Kier molecular flexibility index (Phi) is 39.7. The predicted molar refractivity (Wildman–Crippen MR) is 40.4 cm³/mol. The Morgan fingerprint density at radius 3 is 0.348 bits per heavy atom. The van der Waals surface area contributed by atoms with Gasteiger partial charge in [0, 0.05) is 0 Å². The molecule has 0 fully saturated rings. The maximum atomic E-state index is 8.55.